The van der Waals surface area contributed by atoms with Crippen molar-refractivity contribution >= 4 is 17.6 Å². The number of carbonyl (C=O) groups is 1. The summed E-state index contributed by atoms with van der Waals surface area (Å²) in [6.45, 7) is 2.56. The van der Waals surface area contributed by atoms with E-state index in [0.717, 1.165) is 11.3 Å². The molecule has 98 valence electrons. The first-order valence-corrected chi connectivity index (χ1v) is 6.09. The number of amides is 1. The molecule has 1 fully saturated rings. The van der Waals surface area contributed by atoms with Crippen molar-refractivity contribution in [1.82, 2.24) is 10.2 Å². The molecule has 6 heteroatoms. The van der Waals surface area contributed by atoms with Crippen molar-refractivity contribution < 1.29 is 9.21 Å². The van der Waals surface area contributed by atoms with Crippen molar-refractivity contribution in [2.24, 2.45) is 0 Å². The third kappa shape index (κ3) is 2.16. The van der Waals surface area contributed by atoms with Crippen molar-refractivity contribution in [2.75, 3.05) is 17.2 Å². The molecule has 1 amide bonds. The van der Waals surface area contributed by atoms with E-state index in [-0.39, 0.29) is 17.8 Å². The van der Waals surface area contributed by atoms with Crippen LogP contribution in [0.1, 0.15) is 23.8 Å². The maximum Gasteiger partial charge on any atom is 0.312 e. The van der Waals surface area contributed by atoms with Gasteiger partial charge >= 0.3 is 6.01 Å². The van der Waals surface area contributed by atoms with Gasteiger partial charge in [-0.2, -0.15) is 0 Å². The number of aryl methyl sites for hydroxylation is 1. The number of nitrogens with two attached hydrogens (primary N) is 1. The Hall–Kier alpha value is -2.37. The molecule has 1 aliphatic rings. The number of nitrogens with zero attached hydrogens (tertiary/aromatic N) is 3. The quantitative estimate of drug-likeness (QED) is 0.881. The van der Waals surface area contributed by atoms with Crippen molar-refractivity contribution in [3.63, 3.8) is 0 Å². The maximum absolute atomic E-state index is 12.1. The molecule has 1 saturated heterocycles. The predicted molar refractivity (Wildman–Crippen MR) is 69.6 cm³/mol. The number of carbonyl (C=O) groups excluding carboxylic acids is 1. The normalized spacial score (nSPS) is 19.1. The summed E-state index contributed by atoms with van der Waals surface area (Å²) in [5, 5.41) is 7.48. The van der Waals surface area contributed by atoms with Gasteiger partial charge in [0.1, 0.15) is 0 Å². The van der Waals surface area contributed by atoms with Gasteiger partial charge in [0.05, 0.1) is 5.92 Å². The number of nitrogen functional groups attached to an aromatic ring is 1. The fourth-order valence-electron chi connectivity index (χ4n) is 2.26. The molecule has 2 heterocycles. The number of aromatic nitrogens is 2. The van der Waals surface area contributed by atoms with E-state index >= 15 is 0 Å². The molecule has 1 aromatic heterocycles. The summed E-state index contributed by atoms with van der Waals surface area (Å²) in [5.74, 6) is 0.407. The van der Waals surface area contributed by atoms with Crippen LogP contribution in [-0.4, -0.2) is 22.6 Å². The summed E-state index contributed by atoms with van der Waals surface area (Å²) in [4.78, 5) is 13.8. The molecule has 3 rings (SSSR count). The van der Waals surface area contributed by atoms with Crippen LogP contribution in [0.15, 0.2) is 28.7 Å². The Morgan fingerprint density at radius 3 is 2.68 bits per heavy atom. The molecular weight excluding hydrogens is 244 g/mol. The van der Waals surface area contributed by atoms with E-state index in [4.69, 9.17) is 10.2 Å². The average molecular weight is 258 g/mol. The van der Waals surface area contributed by atoms with Crippen molar-refractivity contribution in [3.05, 3.63) is 35.7 Å². The maximum atomic E-state index is 12.1. The summed E-state index contributed by atoms with van der Waals surface area (Å²) in [6, 6.07) is 7.90. The van der Waals surface area contributed by atoms with Crippen LogP contribution < -0.4 is 10.6 Å². The molecule has 0 aliphatic carbocycles. The summed E-state index contributed by atoms with van der Waals surface area (Å²) in [7, 11) is 0. The lowest BCUT2D eigenvalue weighted by molar-refractivity contribution is -0.117. The van der Waals surface area contributed by atoms with Gasteiger partial charge in [0.25, 0.3) is 0 Å². The molecule has 6 nitrogen and oxygen atoms in total. The molecule has 0 unspecified atom stereocenters. The summed E-state index contributed by atoms with van der Waals surface area (Å²) < 4.78 is 5.20. The zero-order chi connectivity index (χ0) is 13.4. The number of hydrogen-bond donors (Lipinski definition) is 1. The zero-order valence-corrected chi connectivity index (χ0v) is 10.5. The molecule has 0 spiro atoms. The van der Waals surface area contributed by atoms with E-state index in [2.05, 4.69) is 10.2 Å². The van der Waals surface area contributed by atoms with E-state index in [0.29, 0.717) is 18.9 Å². The van der Waals surface area contributed by atoms with Gasteiger partial charge in [-0.1, -0.05) is 22.8 Å². The molecule has 2 aromatic rings. The number of benzene rings is 1. The molecule has 0 saturated carbocycles. The number of rotatable bonds is 2. The monoisotopic (exact) mass is 258 g/mol. The highest BCUT2D eigenvalue weighted by Crippen LogP contribution is 2.31. The highest BCUT2D eigenvalue weighted by atomic mass is 16.4. The second kappa shape index (κ2) is 4.38. The average Bonchev–Trinajstić information content (AvgIpc) is 2.97. The lowest BCUT2D eigenvalue weighted by Crippen LogP contribution is -2.24. The Kier molecular flexibility index (Phi) is 2.70. The second-order valence-electron chi connectivity index (χ2n) is 4.72. The molecule has 0 bridgehead atoms. The van der Waals surface area contributed by atoms with E-state index in [1.807, 2.05) is 31.2 Å². The van der Waals surface area contributed by atoms with E-state index < -0.39 is 0 Å². The third-order valence-corrected chi connectivity index (χ3v) is 3.28. The van der Waals surface area contributed by atoms with E-state index in [1.165, 1.54) is 0 Å². The largest absolute Gasteiger partial charge is 0.408 e. The first kappa shape index (κ1) is 11.7. The zero-order valence-electron chi connectivity index (χ0n) is 10.5. The molecule has 1 aliphatic heterocycles. The minimum atomic E-state index is -0.0846. The Balaban J connectivity index is 1.82. The van der Waals surface area contributed by atoms with Gasteiger partial charge in [-0.05, 0) is 19.1 Å². The summed E-state index contributed by atoms with van der Waals surface area (Å²) in [6.07, 6.45) is 0.371. The molecular formula is C13H14N4O2. The van der Waals surface area contributed by atoms with Gasteiger partial charge in [0.2, 0.25) is 11.8 Å². The van der Waals surface area contributed by atoms with Gasteiger partial charge < -0.3 is 15.1 Å². The van der Waals surface area contributed by atoms with Crippen LogP contribution in [0.25, 0.3) is 0 Å². The first-order chi connectivity index (χ1) is 9.13. The molecule has 19 heavy (non-hydrogen) atoms. The lowest BCUT2D eigenvalue weighted by Gasteiger charge is -2.16. The van der Waals surface area contributed by atoms with Gasteiger partial charge in [-0.15, -0.1) is 5.10 Å². The Morgan fingerprint density at radius 2 is 2.05 bits per heavy atom. The smallest absolute Gasteiger partial charge is 0.312 e. The Labute approximate surface area is 110 Å². The van der Waals surface area contributed by atoms with E-state index in [9.17, 15) is 4.79 Å². The number of anilines is 2. The van der Waals surface area contributed by atoms with Gasteiger partial charge in [0.15, 0.2) is 0 Å². The third-order valence-electron chi connectivity index (χ3n) is 3.28. The van der Waals surface area contributed by atoms with Crippen LogP contribution in [0, 0.1) is 6.92 Å². The fraction of sp³-hybridized carbons (Fsp3) is 0.308. The van der Waals surface area contributed by atoms with Crippen LogP contribution in [0.2, 0.25) is 0 Å². The Morgan fingerprint density at radius 1 is 1.32 bits per heavy atom. The number of hydrogen-bond acceptors (Lipinski definition) is 5. The van der Waals surface area contributed by atoms with Crippen molar-refractivity contribution in [1.29, 1.82) is 0 Å². The SMILES string of the molecule is Cc1ccc(N2C[C@H](c3nnc(N)o3)CC2=O)cc1. The summed E-state index contributed by atoms with van der Waals surface area (Å²) >= 11 is 0. The molecule has 0 radical (unpaired) electrons. The van der Waals surface area contributed by atoms with Gasteiger partial charge in [0, 0.05) is 18.7 Å². The molecule has 1 aromatic carbocycles. The van der Waals surface area contributed by atoms with Crippen LogP contribution in [0.3, 0.4) is 0 Å². The van der Waals surface area contributed by atoms with Crippen molar-refractivity contribution in [2.45, 2.75) is 19.3 Å². The fourth-order valence-corrected chi connectivity index (χ4v) is 2.26. The molecule has 2 N–H and O–H groups in total. The van der Waals surface area contributed by atoms with Crippen molar-refractivity contribution in [3.8, 4) is 0 Å². The van der Waals surface area contributed by atoms with Gasteiger partial charge in [-0.3, -0.25) is 4.79 Å². The second-order valence-corrected chi connectivity index (χ2v) is 4.72. The first-order valence-electron chi connectivity index (χ1n) is 6.09. The Bertz CT molecular complexity index is 605. The van der Waals surface area contributed by atoms with Crippen LogP contribution >= 0.6 is 0 Å². The van der Waals surface area contributed by atoms with Crippen LogP contribution in [0.5, 0.6) is 0 Å². The standard InChI is InChI=1S/C13H14N4O2/c1-8-2-4-10(5-3-8)17-7-9(6-11(17)18)12-15-16-13(14)19-12/h2-5,9H,6-7H2,1H3,(H2,14,16)/t9-/m1/s1. The van der Waals surface area contributed by atoms with Gasteiger partial charge in [-0.25, -0.2) is 0 Å². The topological polar surface area (TPSA) is 85.2 Å². The highest BCUT2D eigenvalue weighted by Gasteiger charge is 2.34. The summed E-state index contributed by atoms with van der Waals surface area (Å²) in [5.41, 5.74) is 7.46. The van der Waals surface area contributed by atoms with Crippen LogP contribution in [0.4, 0.5) is 11.7 Å². The predicted octanol–water partition coefficient (Wildman–Crippen LogP) is 1.48. The minimum Gasteiger partial charge on any atom is -0.408 e. The van der Waals surface area contributed by atoms with Crippen LogP contribution in [-0.2, 0) is 4.79 Å². The van der Waals surface area contributed by atoms with E-state index in [1.54, 1.807) is 4.90 Å². The minimum absolute atomic E-state index is 0.0382. The lowest BCUT2D eigenvalue weighted by atomic mass is 10.1. The molecule has 1 atom stereocenters. The highest BCUT2D eigenvalue weighted by molar-refractivity contribution is 5.96.